The molecule has 0 amide bonds. The molecule has 0 saturated heterocycles. The fraction of sp³-hybridized carbons (Fsp3) is 0.294. The maximum absolute atomic E-state index is 5.79. The van der Waals surface area contributed by atoms with Crippen molar-refractivity contribution in [1.82, 2.24) is 0 Å². The number of nitrogen functional groups attached to an aromatic ring is 1. The Labute approximate surface area is 120 Å². The Morgan fingerprint density at radius 1 is 0.950 bits per heavy atom. The number of nitrogens with two attached hydrogens (primary N) is 2. The van der Waals surface area contributed by atoms with Gasteiger partial charge in [-0.05, 0) is 43.0 Å². The van der Waals surface area contributed by atoms with Gasteiger partial charge in [-0.3, -0.25) is 0 Å². The van der Waals surface area contributed by atoms with E-state index in [2.05, 4.69) is 24.3 Å². The van der Waals surface area contributed by atoms with Gasteiger partial charge in [0.2, 0.25) is 0 Å². The standard InChI is InChI=1S/C17H22N2O/c18-13-15-12-16(19)9-10-17(15)20-11-5-4-8-14-6-2-1-3-7-14/h1-3,6-7,9-10,12H,4-5,8,11,13,18-19H2. The van der Waals surface area contributed by atoms with Gasteiger partial charge in [-0.25, -0.2) is 0 Å². The normalized spacial score (nSPS) is 10.4. The first-order valence-corrected chi connectivity index (χ1v) is 7.05. The third-order valence-corrected chi connectivity index (χ3v) is 3.26. The summed E-state index contributed by atoms with van der Waals surface area (Å²) in [6, 6.07) is 16.1. The van der Waals surface area contributed by atoms with Crippen molar-refractivity contribution in [3.05, 3.63) is 59.7 Å². The Bertz CT molecular complexity index is 526. The average Bonchev–Trinajstić information content (AvgIpc) is 2.49. The van der Waals surface area contributed by atoms with E-state index in [9.17, 15) is 0 Å². The van der Waals surface area contributed by atoms with E-state index in [0.29, 0.717) is 13.2 Å². The fourth-order valence-electron chi connectivity index (χ4n) is 2.16. The van der Waals surface area contributed by atoms with Gasteiger partial charge in [0.25, 0.3) is 0 Å². The van der Waals surface area contributed by atoms with Crippen molar-refractivity contribution < 1.29 is 4.74 Å². The number of ether oxygens (including phenoxy) is 1. The number of aryl methyl sites for hydroxylation is 1. The van der Waals surface area contributed by atoms with E-state index in [4.69, 9.17) is 16.2 Å². The zero-order valence-electron chi connectivity index (χ0n) is 11.7. The van der Waals surface area contributed by atoms with Crippen LogP contribution in [0.25, 0.3) is 0 Å². The minimum Gasteiger partial charge on any atom is -0.493 e. The maximum Gasteiger partial charge on any atom is 0.123 e. The van der Waals surface area contributed by atoms with Crippen molar-refractivity contribution in [2.24, 2.45) is 5.73 Å². The molecule has 0 spiro atoms. The highest BCUT2D eigenvalue weighted by molar-refractivity contribution is 5.47. The molecule has 0 aliphatic carbocycles. The van der Waals surface area contributed by atoms with Crippen LogP contribution >= 0.6 is 0 Å². The summed E-state index contributed by atoms with van der Waals surface area (Å²) in [6.07, 6.45) is 3.25. The second kappa shape index (κ2) is 7.56. The molecule has 0 heterocycles. The zero-order valence-corrected chi connectivity index (χ0v) is 11.7. The number of rotatable bonds is 7. The lowest BCUT2D eigenvalue weighted by molar-refractivity contribution is 0.304. The lowest BCUT2D eigenvalue weighted by atomic mass is 10.1. The molecule has 0 aliphatic rings. The van der Waals surface area contributed by atoms with Crippen molar-refractivity contribution in [3.63, 3.8) is 0 Å². The van der Waals surface area contributed by atoms with Crippen LogP contribution in [0.2, 0.25) is 0 Å². The molecule has 0 bridgehead atoms. The smallest absolute Gasteiger partial charge is 0.123 e. The van der Waals surface area contributed by atoms with Crippen LogP contribution in [-0.4, -0.2) is 6.61 Å². The van der Waals surface area contributed by atoms with Crippen LogP contribution in [0.1, 0.15) is 24.0 Å². The molecule has 2 aromatic rings. The second-order valence-electron chi connectivity index (χ2n) is 4.86. The van der Waals surface area contributed by atoms with E-state index in [-0.39, 0.29) is 0 Å². The molecule has 2 aromatic carbocycles. The van der Waals surface area contributed by atoms with Crippen LogP contribution in [-0.2, 0) is 13.0 Å². The molecule has 3 nitrogen and oxygen atoms in total. The van der Waals surface area contributed by atoms with Gasteiger partial charge in [0, 0.05) is 17.8 Å². The number of anilines is 1. The second-order valence-corrected chi connectivity index (χ2v) is 4.86. The van der Waals surface area contributed by atoms with E-state index in [1.807, 2.05) is 24.3 Å². The summed E-state index contributed by atoms with van der Waals surface area (Å²) >= 11 is 0. The van der Waals surface area contributed by atoms with Gasteiger partial charge < -0.3 is 16.2 Å². The minimum absolute atomic E-state index is 0.449. The predicted octanol–water partition coefficient (Wildman–Crippen LogP) is 3.13. The molecule has 2 rings (SSSR count). The van der Waals surface area contributed by atoms with E-state index >= 15 is 0 Å². The molecule has 0 fully saturated rings. The molecule has 20 heavy (non-hydrogen) atoms. The van der Waals surface area contributed by atoms with Crippen LogP contribution in [0, 0.1) is 0 Å². The van der Waals surface area contributed by atoms with E-state index in [1.165, 1.54) is 5.56 Å². The minimum atomic E-state index is 0.449. The zero-order chi connectivity index (χ0) is 14.2. The third kappa shape index (κ3) is 4.28. The molecule has 4 N–H and O–H groups in total. The molecule has 0 aromatic heterocycles. The van der Waals surface area contributed by atoms with E-state index in [0.717, 1.165) is 36.3 Å². The van der Waals surface area contributed by atoms with Crippen LogP contribution in [0.5, 0.6) is 5.75 Å². The molecular formula is C17H22N2O. The molecule has 0 radical (unpaired) electrons. The van der Waals surface area contributed by atoms with E-state index in [1.54, 1.807) is 0 Å². The monoisotopic (exact) mass is 270 g/mol. The van der Waals surface area contributed by atoms with E-state index < -0.39 is 0 Å². The van der Waals surface area contributed by atoms with Gasteiger partial charge in [-0.1, -0.05) is 30.3 Å². The number of benzene rings is 2. The predicted molar refractivity (Wildman–Crippen MR) is 83.6 cm³/mol. The van der Waals surface area contributed by atoms with Gasteiger partial charge in [-0.2, -0.15) is 0 Å². The summed E-state index contributed by atoms with van der Waals surface area (Å²) in [7, 11) is 0. The van der Waals surface area contributed by atoms with Crippen LogP contribution in [0.3, 0.4) is 0 Å². The highest BCUT2D eigenvalue weighted by Crippen LogP contribution is 2.21. The molecule has 106 valence electrons. The van der Waals surface area contributed by atoms with Crippen molar-refractivity contribution in [3.8, 4) is 5.75 Å². The summed E-state index contributed by atoms with van der Waals surface area (Å²) in [5.41, 5.74) is 14.5. The van der Waals surface area contributed by atoms with Crippen molar-refractivity contribution in [1.29, 1.82) is 0 Å². The Morgan fingerprint density at radius 2 is 1.75 bits per heavy atom. The molecule has 3 heteroatoms. The third-order valence-electron chi connectivity index (χ3n) is 3.26. The number of hydrogen-bond donors (Lipinski definition) is 2. The number of unbranched alkanes of at least 4 members (excludes halogenated alkanes) is 1. The molecule has 0 saturated carbocycles. The Morgan fingerprint density at radius 3 is 2.50 bits per heavy atom. The highest BCUT2D eigenvalue weighted by atomic mass is 16.5. The van der Waals surface area contributed by atoms with Gasteiger partial charge >= 0.3 is 0 Å². The lowest BCUT2D eigenvalue weighted by Crippen LogP contribution is -2.05. The molecule has 0 aliphatic heterocycles. The Balaban J connectivity index is 1.73. The van der Waals surface area contributed by atoms with Gasteiger partial charge in [0.15, 0.2) is 0 Å². The lowest BCUT2D eigenvalue weighted by Gasteiger charge is -2.11. The SMILES string of the molecule is NCc1cc(N)ccc1OCCCCc1ccccc1. The summed E-state index contributed by atoms with van der Waals surface area (Å²) in [5, 5.41) is 0. The summed E-state index contributed by atoms with van der Waals surface area (Å²) in [5.74, 6) is 0.849. The summed E-state index contributed by atoms with van der Waals surface area (Å²) in [6.45, 7) is 1.16. The van der Waals surface area contributed by atoms with Crippen LogP contribution < -0.4 is 16.2 Å². The first kappa shape index (κ1) is 14.4. The Hall–Kier alpha value is -2.00. The van der Waals surface area contributed by atoms with Gasteiger partial charge in [0.1, 0.15) is 5.75 Å². The molecule has 0 atom stereocenters. The summed E-state index contributed by atoms with van der Waals surface area (Å²) < 4.78 is 5.79. The quantitative estimate of drug-likeness (QED) is 0.600. The molecule has 0 unspecified atom stereocenters. The molecular weight excluding hydrogens is 248 g/mol. The van der Waals surface area contributed by atoms with Crippen molar-refractivity contribution in [2.75, 3.05) is 12.3 Å². The van der Waals surface area contributed by atoms with Gasteiger partial charge in [0.05, 0.1) is 6.61 Å². The van der Waals surface area contributed by atoms with Gasteiger partial charge in [-0.15, -0.1) is 0 Å². The van der Waals surface area contributed by atoms with Crippen molar-refractivity contribution in [2.45, 2.75) is 25.8 Å². The largest absolute Gasteiger partial charge is 0.493 e. The number of hydrogen-bond acceptors (Lipinski definition) is 3. The Kier molecular flexibility index (Phi) is 5.44. The highest BCUT2D eigenvalue weighted by Gasteiger charge is 2.02. The van der Waals surface area contributed by atoms with Crippen molar-refractivity contribution >= 4 is 5.69 Å². The topological polar surface area (TPSA) is 61.3 Å². The average molecular weight is 270 g/mol. The first-order chi connectivity index (χ1) is 9.79. The van der Waals surface area contributed by atoms with Crippen LogP contribution in [0.4, 0.5) is 5.69 Å². The maximum atomic E-state index is 5.79. The fourth-order valence-corrected chi connectivity index (χ4v) is 2.16. The van der Waals surface area contributed by atoms with Crippen LogP contribution in [0.15, 0.2) is 48.5 Å². The first-order valence-electron chi connectivity index (χ1n) is 7.05. The summed E-state index contributed by atoms with van der Waals surface area (Å²) in [4.78, 5) is 0.